The smallest absolute Gasteiger partial charge is 0.0596 e. The van der Waals surface area contributed by atoms with E-state index in [4.69, 9.17) is 11.5 Å². The highest BCUT2D eigenvalue weighted by molar-refractivity contribution is 5.69. The average molecular weight is 191 g/mol. The molecule has 2 rings (SSSR count). The number of hydrogen-bond donors (Lipinski definition) is 2. The number of fused-ring (bicyclic) bond motifs is 1. The minimum atomic E-state index is 0.710. The third-order valence-corrected chi connectivity index (χ3v) is 3.01. The monoisotopic (exact) mass is 191 g/mol. The topological polar surface area (TPSA) is 55.3 Å². The minimum Gasteiger partial charge on any atom is -0.397 e. The van der Waals surface area contributed by atoms with Gasteiger partial charge in [-0.2, -0.15) is 0 Å². The number of nitrogens with two attached hydrogens (primary N) is 2. The predicted octanol–water partition coefficient (Wildman–Crippen LogP) is 1.23. The number of anilines is 2. The Labute approximate surface area is 84.7 Å². The van der Waals surface area contributed by atoms with E-state index in [2.05, 4.69) is 17.9 Å². The second-order valence-electron chi connectivity index (χ2n) is 3.82. The van der Waals surface area contributed by atoms with E-state index in [1.54, 1.807) is 0 Å². The Hall–Kier alpha value is -1.22. The predicted molar refractivity (Wildman–Crippen MR) is 59.9 cm³/mol. The molecule has 1 heterocycles. The molecule has 0 radical (unpaired) electrons. The van der Waals surface area contributed by atoms with Gasteiger partial charge in [0.2, 0.25) is 0 Å². The van der Waals surface area contributed by atoms with Crippen molar-refractivity contribution >= 4 is 11.4 Å². The van der Waals surface area contributed by atoms with Crippen molar-refractivity contribution in [2.45, 2.75) is 19.9 Å². The second-order valence-corrected chi connectivity index (χ2v) is 3.82. The molecule has 0 saturated heterocycles. The van der Waals surface area contributed by atoms with E-state index in [9.17, 15) is 0 Å². The zero-order chi connectivity index (χ0) is 10.1. The number of likely N-dealkylation sites (N-methyl/N-ethyl adjacent to an activating group) is 1. The van der Waals surface area contributed by atoms with Crippen molar-refractivity contribution in [1.82, 2.24) is 4.90 Å². The van der Waals surface area contributed by atoms with Gasteiger partial charge < -0.3 is 11.5 Å². The van der Waals surface area contributed by atoms with Gasteiger partial charge in [-0.15, -0.1) is 0 Å². The molecule has 0 saturated carbocycles. The number of hydrogen-bond acceptors (Lipinski definition) is 3. The fraction of sp³-hybridized carbons (Fsp3) is 0.455. The van der Waals surface area contributed by atoms with Gasteiger partial charge >= 0.3 is 0 Å². The first kappa shape index (κ1) is 9.34. The summed E-state index contributed by atoms with van der Waals surface area (Å²) in [6, 6.07) is 4.02. The molecule has 1 aromatic carbocycles. The van der Waals surface area contributed by atoms with Gasteiger partial charge in [0.15, 0.2) is 0 Å². The molecule has 3 nitrogen and oxygen atoms in total. The largest absolute Gasteiger partial charge is 0.397 e. The van der Waals surface area contributed by atoms with Crippen LogP contribution in [0, 0.1) is 0 Å². The standard InChI is InChI=1S/C11H17N3/c1-2-14-6-5-8-3-4-10(12)11(13)9(8)7-14/h3-4H,2,5-7,12-13H2,1H3. The number of rotatable bonds is 1. The maximum atomic E-state index is 5.97. The molecule has 0 spiro atoms. The summed E-state index contributed by atoms with van der Waals surface area (Å²) in [5.74, 6) is 0. The highest BCUT2D eigenvalue weighted by Gasteiger charge is 2.17. The van der Waals surface area contributed by atoms with Crippen molar-refractivity contribution in [1.29, 1.82) is 0 Å². The summed E-state index contributed by atoms with van der Waals surface area (Å²) in [6.45, 7) is 5.33. The normalized spacial score (nSPS) is 16.6. The lowest BCUT2D eigenvalue weighted by atomic mass is 9.97. The van der Waals surface area contributed by atoms with Crippen LogP contribution in [0.1, 0.15) is 18.1 Å². The first-order valence-corrected chi connectivity index (χ1v) is 5.10. The van der Waals surface area contributed by atoms with Crippen LogP contribution >= 0.6 is 0 Å². The quantitative estimate of drug-likeness (QED) is 0.656. The van der Waals surface area contributed by atoms with Crippen LogP contribution in [0.4, 0.5) is 11.4 Å². The first-order chi connectivity index (χ1) is 6.72. The van der Waals surface area contributed by atoms with Gasteiger partial charge in [-0.25, -0.2) is 0 Å². The van der Waals surface area contributed by atoms with E-state index in [0.717, 1.165) is 31.7 Å². The number of benzene rings is 1. The van der Waals surface area contributed by atoms with Crippen LogP contribution in [0.15, 0.2) is 12.1 Å². The van der Waals surface area contributed by atoms with Crippen molar-refractivity contribution in [3.63, 3.8) is 0 Å². The maximum Gasteiger partial charge on any atom is 0.0596 e. The second kappa shape index (κ2) is 3.50. The molecule has 4 N–H and O–H groups in total. The molecule has 1 aliphatic rings. The zero-order valence-electron chi connectivity index (χ0n) is 8.59. The molecule has 0 amide bonds. The van der Waals surface area contributed by atoms with Crippen molar-refractivity contribution in [2.75, 3.05) is 24.6 Å². The van der Waals surface area contributed by atoms with Gasteiger partial charge in [0, 0.05) is 13.1 Å². The van der Waals surface area contributed by atoms with E-state index in [0.29, 0.717) is 5.69 Å². The summed E-state index contributed by atoms with van der Waals surface area (Å²) in [6.07, 6.45) is 1.09. The van der Waals surface area contributed by atoms with Crippen LogP contribution in [0.3, 0.4) is 0 Å². The summed E-state index contributed by atoms with van der Waals surface area (Å²) in [5, 5.41) is 0. The third-order valence-electron chi connectivity index (χ3n) is 3.01. The van der Waals surface area contributed by atoms with Gasteiger partial charge in [0.1, 0.15) is 0 Å². The van der Waals surface area contributed by atoms with Gasteiger partial charge in [0.25, 0.3) is 0 Å². The molecule has 3 heteroatoms. The van der Waals surface area contributed by atoms with E-state index < -0.39 is 0 Å². The molecule has 1 aliphatic heterocycles. The lowest BCUT2D eigenvalue weighted by Gasteiger charge is -2.28. The van der Waals surface area contributed by atoms with Crippen molar-refractivity contribution < 1.29 is 0 Å². The molecule has 0 unspecified atom stereocenters. The van der Waals surface area contributed by atoms with Crippen molar-refractivity contribution in [2.24, 2.45) is 0 Å². The molecular weight excluding hydrogens is 174 g/mol. The molecule has 0 aromatic heterocycles. The molecule has 14 heavy (non-hydrogen) atoms. The number of nitrogens with zero attached hydrogens (tertiary/aromatic N) is 1. The Morgan fingerprint density at radius 2 is 2.14 bits per heavy atom. The summed E-state index contributed by atoms with van der Waals surface area (Å²) in [4.78, 5) is 2.39. The Morgan fingerprint density at radius 3 is 2.86 bits per heavy atom. The van der Waals surface area contributed by atoms with E-state index in [1.807, 2.05) is 6.07 Å². The van der Waals surface area contributed by atoms with Crippen molar-refractivity contribution in [3.05, 3.63) is 23.3 Å². The first-order valence-electron chi connectivity index (χ1n) is 5.10. The van der Waals surface area contributed by atoms with Crippen LogP contribution in [0.2, 0.25) is 0 Å². The summed E-state index contributed by atoms with van der Waals surface area (Å²) < 4.78 is 0. The molecule has 0 atom stereocenters. The van der Waals surface area contributed by atoms with Gasteiger partial charge in [-0.1, -0.05) is 13.0 Å². The molecule has 0 bridgehead atoms. The molecule has 76 valence electrons. The summed E-state index contributed by atoms with van der Waals surface area (Å²) in [5.41, 5.74) is 15.8. The fourth-order valence-electron chi connectivity index (χ4n) is 2.00. The molecular formula is C11H17N3. The zero-order valence-corrected chi connectivity index (χ0v) is 8.59. The molecule has 0 fully saturated rings. The van der Waals surface area contributed by atoms with Crippen LogP contribution in [-0.2, 0) is 13.0 Å². The Bertz CT molecular complexity index is 347. The SMILES string of the molecule is CCN1CCc2ccc(N)c(N)c2C1. The van der Waals surface area contributed by atoms with Gasteiger partial charge in [-0.05, 0) is 30.2 Å². The van der Waals surface area contributed by atoms with E-state index in [-0.39, 0.29) is 0 Å². The lowest BCUT2D eigenvalue weighted by Crippen LogP contribution is -2.30. The third kappa shape index (κ3) is 1.44. The lowest BCUT2D eigenvalue weighted by molar-refractivity contribution is 0.269. The van der Waals surface area contributed by atoms with Gasteiger partial charge in [0.05, 0.1) is 11.4 Å². The van der Waals surface area contributed by atoms with Crippen LogP contribution in [0.25, 0.3) is 0 Å². The van der Waals surface area contributed by atoms with E-state index in [1.165, 1.54) is 11.1 Å². The molecule has 0 aliphatic carbocycles. The van der Waals surface area contributed by atoms with E-state index >= 15 is 0 Å². The maximum absolute atomic E-state index is 5.97. The number of nitrogen functional groups attached to an aromatic ring is 2. The average Bonchev–Trinajstić information content (AvgIpc) is 2.23. The van der Waals surface area contributed by atoms with Gasteiger partial charge in [-0.3, -0.25) is 4.90 Å². The highest BCUT2D eigenvalue weighted by atomic mass is 15.1. The van der Waals surface area contributed by atoms with Crippen LogP contribution in [-0.4, -0.2) is 18.0 Å². The Kier molecular flexibility index (Phi) is 2.33. The van der Waals surface area contributed by atoms with Crippen LogP contribution in [0.5, 0.6) is 0 Å². The molecule has 1 aromatic rings. The minimum absolute atomic E-state index is 0.710. The van der Waals surface area contributed by atoms with Crippen molar-refractivity contribution in [3.8, 4) is 0 Å². The Morgan fingerprint density at radius 1 is 1.36 bits per heavy atom. The fourth-order valence-corrected chi connectivity index (χ4v) is 2.00. The van der Waals surface area contributed by atoms with Crippen LogP contribution < -0.4 is 11.5 Å². The summed E-state index contributed by atoms with van der Waals surface area (Å²) >= 11 is 0. The highest BCUT2D eigenvalue weighted by Crippen LogP contribution is 2.28. The Balaban J connectivity index is 2.38. The summed E-state index contributed by atoms with van der Waals surface area (Å²) in [7, 11) is 0.